The van der Waals surface area contributed by atoms with Crippen molar-refractivity contribution in [1.29, 1.82) is 0 Å². The van der Waals surface area contributed by atoms with Gasteiger partial charge in [0.05, 0.1) is 0 Å². The molecule has 20 heavy (non-hydrogen) atoms. The molecule has 2 atom stereocenters. The van der Waals surface area contributed by atoms with E-state index in [-0.39, 0.29) is 6.42 Å². The highest BCUT2D eigenvalue weighted by Gasteiger charge is 2.53. The van der Waals surface area contributed by atoms with Crippen LogP contribution in [-0.2, 0) is 29.6 Å². The molecule has 0 aliphatic heterocycles. The molecule has 0 aromatic heterocycles. The number of hydrogen-bond donors (Lipinski definition) is 1. The number of benzene rings is 1. The van der Waals surface area contributed by atoms with Crippen LogP contribution >= 0.6 is 0 Å². The Hall–Kier alpha value is -2.37. The van der Waals surface area contributed by atoms with Gasteiger partial charge < -0.3 is 5.11 Å². The lowest BCUT2D eigenvalue weighted by Crippen LogP contribution is -2.40. The molecule has 106 valence electrons. The highest BCUT2D eigenvalue weighted by Crippen LogP contribution is 2.46. The lowest BCUT2D eigenvalue weighted by molar-refractivity contribution is -0.263. The summed E-state index contributed by atoms with van der Waals surface area (Å²) in [5.41, 5.74) is -0.352. The molecule has 1 aliphatic carbocycles. The van der Waals surface area contributed by atoms with Crippen LogP contribution in [0.25, 0.3) is 0 Å². The molecule has 1 aliphatic rings. The second-order valence-electron chi connectivity index (χ2n) is 4.78. The van der Waals surface area contributed by atoms with Gasteiger partial charge in [-0.2, -0.15) is 0 Å². The molecule has 2 unspecified atom stereocenters. The Morgan fingerprint density at radius 3 is 2.60 bits per heavy atom. The van der Waals surface area contributed by atoms with Crippen LogP contribution in [0, 0.1) is 0 Å². The summed E-state index contributed by atoms with van der Waals surface area (Å²) in [5, 5.41) is 9.35. The standard InChI is InChI=1S/C14H14O6/c1-3-10(15)19-20-13(18)14(2)9-6-4-5-8(7-9)11(14)12(16)17/h4-7,11H,3H2,1-2H3,(H,16,17). The summed E-state index contributed by atoms with van der Waals surface area (Å²) in [6.45, 7) is 3.02. The summed E-state index contributed by atoms with van der Waals surface area (Å²) in [5.74, 6) is -3.78. The second kappa shape index (κ2) is 4.96. The zero-order valence-corrected chi connectivity index (χ0v) is 11.1. The van der Waals surface area contributed by atoms with E-state index < -0.39 is 29.2 Å². The van der Waals surface area contributed by atoms with Crippen LogP contribution in [0.2, 0.25) is 0 Å². The van der Waals surface area contributed by atoms with Crippen LogP contribution in [0.3, 0.4) is 0 Å². The summed E-state index contributed by atoms with van der Waals surface area (Å²) in [7, 11) is 0. The van der Waals surface area contributed by atoms with Crippen molar-refractivity contribution in [2.75, 3.05) is 0 Å². The molecule has 0 fully saturated rings. The molecule has 0 saturated heterocycles. The monoisotopic (exact) mass is 278 g/mol. The van der Waals surface area contributed by atoms with E-state index in [0.29, 0.717) is 11.1 Å². The summed E-state index contributed by atoms with van der Waals surface area (Å²) < 4.78 is 0. The van der Waals surface area contributed by atoms with E-state index in [1.807, 2.05) is 0 Å². The van der Waals surface area contributed by atoms with Crippen molar-refractivity contribution in [3.63, 3.8) is 0 Å². The fourth-order valence-electron chi connectivity index (χ4n) is 2.40. The lowest BCUT2D eigenvalue weighted by atomic mass is 9.76. The van der Waals surface area contributed by atoms with E-state index in [4.69, 9.17) is 0 Å². The van der Waals surface area contributed by atoms with Gasteiger partial charge in [0.1, 0.15) is 11.3 Å². The third-order valence-electron chi connectivity index (χ3n) is 3.57. The fraction of sp³-hybridized carbons (Fsp3) is 0.357. The first kappa shape index (κ1) is 14.0. The number of carbonyl (C=O) groups excluding carboxylic acids is 2. The molecule has 1 aromatic rings. The molecule has 6 nitrogen and oxygen atoms in total. The first-order valence-corrected chi connectivity index (χ1v) is 6.16. The zero-order chi connectivity index (χ0) is 14.9. The number of aliphatic carboxylic acids is 1. The minimum absolute atomic E-state index is 0.0557. The summed E-state index contributed by atoms with van der Waals surface area (Å²) in [4.78, 5) is 43.5. The Balaban J connectivity index is 2.29. The van der Waals surface area contributed by atoms with Gasteiger partial charge in [0, 0.05) is 6.42 Å². The SMILES string of the molecule is CCC(=O)OOC(=O)C1(C)c2cccc(c2)C1C(=O)O. The minimum atomic E-state index is -1.40. The van der Waals surface area contributed by atoms with Gasteiger partial charge in [0.15, 0.2) is 0 Å². The highest BCUT2D eigenvalue weighted by atomic mass is 17.2. The van der Waals surface area contributed by atoms with Gasteiger partial charge >= 0.3 is 17.9 Å². The Morgan fingerprint density at radius 1 is 1.30 bits per heavy atom. The van der Waals surface area contributed by atoms with Crippen LogP contribution in [0.5, 0.6) is 0 Å². The number of hydrogen-bond acceptors (Lipinski definition) is 5. The van der Waals surface area contributed by atoms with Crippen molar-refractivity contribution in [3.05, 3.63) is 35.4 Å². The van der Waals surface area contributed by atoms with E-state index in [9.17, 15) is 19.5 Å². The largest absolute Gasteiger partial charge is 0.481 e. The van der Waals surface area contributed by atoms with Crippen LogP contribution < -0.4 is 0 Å². The molecular formula is C14H14O6. The second-order valence-corrected chi connectivity index (χ2v) is 4.78. The van der Waals surface area contributed by atoms with Gasteiger partial charge in [-0.1, -0.05) is 31.2 Å². The van der Waals surface area contributed by atoms with Crippen molar-refractivity contribution < 1.29 is 29.3 Å². The summed E-state index contributed by atoms with van der Waals surface area (Å²) >= 11 is 0. The molecule has 1 N–H and O–H groups in total. The number of carbonyl (C=O) groups is 3. The van der Waals surface area contributed by atoms with Crippen LogP contribution in [0.1, 0.15) is 37.3 Å². The van der Waals surface area contributed by atoms with Gasteiger partial charge in [0.25, 0.3) is 0 Å². The molecule has 0 radical (unpaired) electrons. The average Bonchev–Trinajstić information content (AvgIpc) is 2.63. The van der Waals surface area contributed by atoms with E-state index >= 15 is 0 Å². The Morgan fingerprint density at radius 2 is 2.00 bits per heavy atom. The van der Waals surface area contributed by atoms with Gasteiger partial charge in [0.2, 0.25) is 0 Å². The summed E-state index contributed by atoms with van der Waals surface area (Å²) in [6.07, 6.45) is 0.0557. The fourth-order valence-corrected chi connectivity index (χ4v) is 2.40. The predicted molar refractivity (Wildman–Crippen MR) is 66.6 cm³/mol. The summed E-state index contributed by atoms with van der Waals surface area (Å²) in [6, 6.07) is 6.60. The smallest absolute Gasteiger partial charge is 0.366 e. The Labute approximate surface area is 115 Å². The van der Waals surface area contributed by atoms with E-state index in [2.05, 4.69) is 9.78 Å². The Kier molecular flexibility index (Phi) is 3.48. The van der Waals surface area contributed by atoms with E-state index in [0.717, 1.165) is 0 Å². The number of carboxylic acids is 1. The maximum Gasteiger partial charge on any atom is 0.366 e. The first-order valence-electron chi connectivity index (χ1n) is 6.16. The molecule has 0 saturated carbocycles. The molecular weight excluding hydrogens is 264 g/mol. The minimum Gasteiger partial charge on any atom is -0.481 e. The highest BCUT2D eigenvalue weighted by molar-refractivity contribution is 5.94. The van der Waals surface area contributed by atoms with Crippen LogP contribution in [0.4, 0.5) is 0 Å². The maximum absolute atomic E-state index is 12.2. The van der Waals surface area contributed by atoms with Crippen molar-refractivity contribution in [2.45, 2.75) is 31.6 Å². The van der Waals surface area contributed by atoms with Gasteiger partial charge in [-0.25, -0.2) is 19.4 Å². The molecule has 0 amide bonds. The molecule has 1 aromatic carbocycles. The maximum atomic E-state index is 12.2. The Bertz CT molecular complexity index is 579. The van der Waals surface area contributed by atoms with Gasteiger partial charge in [-0.3, -0.25) is 4.79 Å². The molecule has 0 heterocycles. The zero-order valence-electron chi connectivity index (χ0n) is 11.1. The number of carboxylic acid groups (broad SMARTS) is 1. The van der Waals surface area contributed by atoms with Crippen LogP contribution in [-0.4, -0.2) is 23.0 Å². The quantitative estimate of drug-likeness (QED) is 0.666. The van der Waals surface area contributed by atoms with Crippen molar-refractivity contribution in [3.8, 4) is 0 Å². The predicted octanol–water partition coefficient (Wildman–Crippen LogP) is 1.54. The molecule has 0 spiro atoms. The van der Waals surface area contributed by atoms with Crippen molar-refractivity contribution >= 4 is 17.9 Å². The average molecular weight is 278 g/mol. The van der Waals surface area contributed by atoms with Crippen molar-refractivity contribution in [1.82, 2.24) is 0 Å². The normalized spacial score (nSPS) is 23.2. The van der Waals surface area contributed by atoms with Gasteiger partial charge in [-0.05, 0) is 18.1 Å². The van der Waals surface area contributed by atoms with Crippen LogP contribution in [0.15, 0.2) is 24.3 Å². The first-order chi connectivity index (χ1) is 9.41. The topological polar surface area (TPSA) is 89.9 Å². The van der Waals surface area contributed by atoms with Crippen molar-refractivity contribution in [2.24, 2.45) is 0 Å². The third kappa shape index (κ3) is 2.03. The third-order valence-corrected chi connectivity index (χ3v) is 3.57. The molecule has 6 heteroatoms. The lowest BCUT2D eigenvalue weighted by Gasteiger charge is -2.26. The molecule has 2 bridgehead atoms. The number of rotatable bonds is 3. The molecule has 2 rings (SSSR count). The van der Waals surface area contributed by atoms with E-state index in [1.165, 1.54) is 6.92 Å². The number of fused-ring (bicyclic) bond motifs is 2. The van der Waals surface area contributed by atoms with E-state index in [1.54, 1.807) is 31.2 Å². The van der Waals surface area contributed by atoms with Gasteiger partial charge in [-0.15, -0.1) is 0 Å².